The molecule has 5 rings (SSSR count). The van der Waals surface area contributed by atoms with Crippen molar-refractivity contribution in [3.63, 3.8) is 0 Å². The first-order chi connectivity index (χ1) is 14.2. The van der Waals surface area contributed by atoms with Gasteiger partial charge in [-0.3, -0.25) is 14.3 Å². The molecule has 0 spiro atoms. The molecule has 0 aliphatic carbocycles. The van der Waals surface area contributed by atoms with Gasteiger partial charge in [-0.25, -0.2) is 9.78 Å². The number of benzene rings is 1. The van der Waals surface area contributed by atoms with Crippen molar-refractivity contribution in [2.45, 2.75) is 19.4 Å². The van der Waals surface area contributed by atoms with Gasteiger partial charge in [-0.1, -0.05) is 12.1 Å². The Balaban J connectivity index is 1.45. The van der Waals surface area contributed by atoms with Crippen LogP contribution in [-0.4, -0.2) is 53.3 Å². The maximum Gasteiger partial charge on any atom is 0.420 e. The number of ether oxygens (including phenoxy) is 1. The summed E-state index contributed by atoms with van der Waals surface area (Å²) < 4.78 is 12.0. The first-order valence-corrected chi connectivity index (χ1v) is 9.78. The Labute approximate surface area is 166 Å². The van der Waals surface area contributed by atoms with Gasteiger partial charge in [-0.05, 0) is 25.0 Å². The molecule has 29 heavy (non-hydrogen) atoms. The summed E-state index contributed by atoms with van der Waals surface area (Å²) in [5.41, 5.74) is 2.03. The van der Waals surface area contributed by atoms with Gasteiger partial charge in [0, 0.05) is 31.4 Å². The van der Waals surface area contributed by atoms with Crippen LogP contribution in [0.1, 0.15) is 12.0 Å². The van der Waals surface area contributed by atoms with E-state index in [0.717, 1.165) is 31.5 Å². The highest BCUT2D eigenvalue weighted by atomic mass is 16.5. The number of hydrogen-bond acceptors (Lipinski definition) is 7. The number of carbonyl (C=O) groups is 1. The smallest absolute Gasteiger partial charge is 0.408 e. The molecule has 150 valence electrons. The van der Waals surface area contributed by atoms with Crippen LogP contribution in [0.5, 0.6) is 0 Å². The number of aromatic nitrogens is 3. The number of oxazole rings is 1. The molecule has 2 aliphatic heterocycles. The first kappa shape index (κ1) is 17.9. The molecule has 1 fully saturated rings. The number of fused-ring (bicyclic) bond motifs is 2. The van der Waals surface area contributed by atoms with E-state index in [9.17, 15) is 9.59 Å². The molecule has 2 aromatic heterocycles. The van der Waals surface area contributed by atoms with E-state index in [1.807, 2.05) is 12.3 Å². The molecule has 4 heterocycles. The van der Waals surface area contributed by atoms with Crippen LogP contribution in [0.15, 0.2) is 39.7 Å². The highest BCUT2D eigenvalue weighted by Crippen LogP contribution is 2.27. The van der Waals surface area contributed by atoms with E-state index in [1.54, 1.807) is 23.1 Å². The standard InChI is InChI=1S/C20H21N5O4/c26-17(13-25-15-5-1-2-6-16(15)29-20(25)27)24-7-3-4-14-12-21-19(22-18(14)24)23-8-10-28-11-9-23/h1-2,5-6,12H,3-4,7-11,13H2. The number of rotatable bonds is 3. The predicted octanol–water partition coefficient (Wildman–Crippen LogP) is 1.20. The maximum absolute atomic E-state index is 13.1. The highest BCUT2D eigenvalue weighted by molar-refractivity contribution is 5.94. The summed E-state index contributed by atoms with van der Waals surface area (Å²) >= 11 is 0. The molecule has 0 atom stereocenters. The molecule has 9 nitrogen and oxygen atoms in total. The molecular weight excluding hydrogens is 374 g/mol. The molecule has 0 bridgehead atoms. The van der Waals surface area contributed by atoms with Crippen LogP contribution in [0.25, 0.3) is 11.1 Å². The molecule has 1 amide bonds. The second-order valence-corrected chi connectivity index (χ2v) is 7.19. The van der Waals surface area contributed by atoms with Gasteiger partial charge in [-0.2, -0.15) is 4.98 Å². The quantitative estimate of drug-likeness (QED) is 0.658. The van der Waals surface area contributed by atoms with Crippen LogP contribution >= 0.6 is 0 Å². The van der Waals surface area contributed by atoms with E-state index in [2.05, 4.69) is 9.88 Å². The van der Waals surface area contributed by atoms with Gasteiger partial charge < -0.3 is 14.1 Å². The normalized spacial score (nSPS) is 16.8. The van der Waals surface area contributed by atoms with Gasteiger partial charge in [0.05, 0.1) is 18.7 Å². The number of amides is 1. The van der Waals surface area contributed by atoms with E-state index in [-0.39, 0.29) is 12.5 Å². The molecule has 0 saturated carbocycles. The van der Waals surface area contributed by atoms with E-state index < -0.39 is 5.76 Å². The van der Waals surface area contributed by atoms with Crippen LogP contribution < -0.4 is 15.6 Å². The number of carbonyl (C=O) groups excluding carboxylic acids is 1. The summed E-state index contributed by atoms with van der Waals surface area (Å²) in [7, 11) is 0. The molecule has 0 N–H and O–H groups in total. The third kappa shape index (κ3) is 3.27. The van der Waals surface area contributed by atoms with E-state index >= 15 is 0 Å². The number of aryl methyl sites for hydroxylation is 1. The second-order valence-electron chi connectivity index (χ2n) is 7.19. The second kappa shape index (κ2) is 7.32. The summed E-state index contributed by atoms with van der Waals surface area (Å²) in [5.74, 6) is 0.524. The van der Waals surface area contributed by atoms with Gasteiger partial charge >= 0.3 is 5.76 Å². The fourth-order valence-electron chi connectivity index (χ4n) is 3.88. The lowest BCUT2D eigenvalue weighted by Crippen LogP contribution is -2.41. The summed E-state index contributed by atoms with van der Waals surface area (Å²) in [6.07, 6.45) is 3.48. The Kier molecular flexibility index (Phi) is 4.51. The molecule has 3 aromatic rings. The molecule has 2 aliphatic rings. The summed E-state index contributed by atoms with van der Waals surface area (Å²) in [4.78, 5) is 38.3. The lowest BCUT2D eigenvalue weighted by Gasteiger charge is -2.31. The minimum atomic E-state index is -0.534. The Morgan fingerprint density at radius 2 is 1.97 bits per heavy atom. The predicted molar refractivity (Wildman–Crippen MR) is 106 cm³/mol. The zero-order chi connectivity index (χ0) is 19.8. The third-order valence-corrected chi connectivity index (χ3v) is 5.37. The van der Waals surface area contributed by atoms with Crippen LogP contribution in [0.2, 0.25) is 0 Å². The van der Waals surface area contributed by atoms with Crippen LogP contribution in [-0.2, 0) is 22.5 Å². The van der Waals surface area contributed by atoms with Crippen molar-refractivity contribution in [2.75, 3.05) is 42.6 Å². The van der Waals surface area contributed by atoms with Gasteiger partial charge in [0.25, 0.3) is 0 Å². The monoisotopic (exact) mass is 395 g/mol. The number of anilines is 2. The first-order valence-electron chi connectivity index (χ1n) is 9.78. The lowest BCUT2D eigenvalue weighted by atomic mass is 10.1. The topological polar surface area (TPSA) is 93.7 Å². The Hall–Kier alpha value is -3.20. The van der Waals surface area contributed by atoms with Crippen molar-refractivity contribution >= 4 is 28.8 Å². The number of hydrogen-bond donors (Lipinski definition) is 0. The minimum Gasteiger partial charge on any atom is -0.408 e. The maximum atomic E-state index is 13.1. The molecule has 1 aromatic carbocycles. The minimum absolute atomic E-state index is 0.0911. The molecule has 9 heteroatoms. The SMILES string of the molecule is O=C(Cn1c(=O)oc2ccccc21)N1CCCc2cnc(N3CCOCC3)nc21. The molecule has 0 unspecified atom stereocenters. The van der Waals surface area contributed by atoms with Crippen LogP contribution in [0, 0.1) is 0 Å². The van der Waals surface area contributed by atoms with E-state index in [0.29, 0.717) is 42.6 Å². The average Bonchev–Trinajstić information content (AvgIpc) is 3.08. The molecular formula is C20H21N5O4. The van der Waals surface area contributed by atoms with Gasteiger partial charge in [-0.15, -0.1) is 0 Å². The van der Waals surface area contributed by atoms with Gasteiger partial charge in [0.15, 0.2) is 5.58 Å². The highest BCUT2D eigenvalue weighted by Gasteiger charge is 2.27. The Morgan fingerprint density at radius 1 is 1.14 bits per heavy atom. The number of nitrogens with zero attached hydrogens (tertiary/aromatic N) is 5. The summed E-state index contributed by atoms with van der Waals surface area (Å²) in [5, 5.41) is 0. The van der Waals surface area contributed by atoms with E-state index in [1.165, 1.54) is 4.57 Å². The van der Waals surface area contributed by atoms with Crippen molar-refractivity contribution in [1.29, 1.82) is 0 Å². The number of morpholine rings is 1. The number of para-hydroxylation sites is 2. The fraction of sp³-hybridized carbons (Fsp3) is 0.400. The van der Waals surface area contributed by atoms with E-state index in [4.69, 9.17) is 14.1 Å². The van der Waals surface area contributed by atoms with Gasteiger partial charge in [0.2, 0.25) is 11.9 Å². The van der Waals surface area contributed by atoms with Crippen molar-refractivity contribution in [2.24, 2.45) is 0 Å². The van der Waals surface area contributed by atoms with Crippen molar-refractivity contribution in [3.05, 3.63) is 46.6 Å². The fourth-order valence-corrected chi connectivity index (χ4v) is 3.88. The lowest BCUT2D eigenvalue weighted by molar-refractivity contribution is -0.119. The average molecular weight is 395 g/mol. The molecule has 0 radical (unpaired) electrons. The Bertz CT molecular complexity index is 1120. The molecule has 1 saturated heterocycles. The largest absolute Gasteiger partial charge is 0.420 e. The van der Waals surface area contributed by atoms with Crippen molar-refractivity contribution < 1.29 is 13.9 Å². The van der Waals surface area contributed by atoms with Gasteiger partial charge in [0.1, 0.15) is 12.4 Å². The van der Waals surface area contributed by atoms with Crippen molar-refractivity contribution in [3.8, 4) is 0 Å². The Morgan fingerprint density at radius 3 is 2.83 bits per heavy atom. The summed E-state index contributed by atoms with van der Waals surface area (Å²) in [6, 6.07) is 7.10. The van der Waals surface area contributed by atoms with Crippen LogP contribution in [0.4, 0.5) is 11.8 Å². The zero-order valence-corrected chi connectivity index (χ0v) is 15.9. The van der Waals surface area contributed by atoms with Crippen molar-refractivity contribution in [1.82, 2.24) is 14.5 Å². The summed E-state index contributed by atoms with van der Waals surface area (Å²) in [6.45, 7) is 3.20. The zero-order valence-electron chi connectivity index (χ0n) is 15.9. The van der Waals surface area contributed by atoms with Crippen LogP contribution in [0.3, 0.4) is 0 Å². The third-order valence-electron chi connectivity index (χ3n) is 5.37.